The Labute approximate surface area is 121 Å². The third-order valence-corrected chi connectivity index (χ3v) is 3.66. The number of ether oxygens (including phenoxy) is 1. The van der Waals surface area contributed by atoms with Crippen LogP contribution in [0.2, 0.25) is 0 Å². The van der Waals surface area contributed by atoms with Gasteiger partial charge in [0.25, 0.3) is 0 Å². The zero-order valence-electron chi connectivity index (χ0n) is 10.6. The number of furan rings is 1. The fraction of sp³-hybridized carbons (Fsp3) is 0.333. The van der Waals surface area contributed by atoms with Crippen molar-refractivity contribution in [1.82, 2.24) is 5.32 Å². The van der Waals surface area contributed by atoms with E-state index >= 15 is 0 Å². The Balaban J connectivity index is 1.58. The highest BCUT2D eigenvalue weighted by molar-refractivity contribution is 9.10. The molecule has 3 nitrogen and oxygen atoms in total. The molecule has 4 heteroatoms. The molecule has 0 saturated heterocycles. The van der Waals surface area contributed by atoms with Crippen LogP contribution in [0.1, 0.15) is 24.2 Å². The zero-order chi connectivity index (χ0) is 13.1. The average Bonchev–Trinajstić information content (AvgIpc) is 3.13. The summed E-state index contributed by atoms with van der Waals surface area (Å²) in [6.07, 6.45) is 4.31. The maximum absolute atomic E-state index is 5.74. The van der Waals surface area contributed by atoms with Gasteiger partial charge in [-0.2, -0.15) is 0 Å². The van der Waals surface area contributed by atoms with Gasteiger partial charge in [-0.3, -0.25) is 0 Å². The summed E-state index contributed by atoms with van der Waals surface area (Å²) in [7, 11) is 0. The molecule has 100 valence electrons. The summed E-state index contributed by atoms with van der Waals surface area (Å²) in [5.41, 5.74) is 1.18. The third kappa shape index (κ3) is 3.61. The number of hydrogen-bond donors (Lipinski definition) is 1. The first-order valence-corrected chi connectivity index (χ1v) is 7.27. The molecule has 3 rings (SSSR count). The van der Waals surface area contributed by atoms with Gasteiger partial charge in [-0.25, -0.2) is 0 Å². The lowest BCUT2D eigenvalue weighted by Crippen LogP contribution is -2.16. The summed E-state index contributed by atoms with van der Waals surface area (Å²) in [5, 5.41) is 3.48. The van der Waals surface area contributed by atoms with E-state index in [0.717, 1.165) is 22.5 Å². The van der Waals surface area contributed by atoms with Crippen LogP contribution in [0.25, 0.3) is 0 Å². The van der Waals surface area contributed by atoms with Crippen LogP contribution in [0.4, 0.5) is 0 Å². The summed E-state index contributed by atoms with van der Waals surface area (Å²) in [5.74, 6) is 1.74. The van der Waals surface area contributed by atoms with E-state index in [-0.39, 0.29) is 0 Å². The second kappa shape index (κ2) is 5.80. The first kappa shape index (κ1) is 12.8. The van der Waals surface area contributed by atoms with Gasteiger partial charge in [-0.15, -0.1) is 0 Å². The Kier molecular flexibility index (Phi) is 3.89. The standard InChI is InChI=1S/C15H16BrNO2/c16-12-2-1-3-14(8-12)19-10-15-11(6-7-18-15)9-17-13-4-5-13/h1-3,6-8,13,17H,4-5,9-10H2. The third-order valence-electron chi connectivity index (χ3n) is 3.16. The van der Waals surface area contributed by atoms with Crippen molar-refractivity contribution in [3.63, 3.8) is 0 Å². The fourth-order valence-corrected chi connectivity index (χ4v) is 2.28. The van der Waals surface area contributed by atoms with E-state index in [1.54, 1.807) is 6.26 Å². The summed E-state index contributed by atoms with van der Waals surface area (Å²) < 4.78 is 12.2. The van der Waals surface area contributed by atoms with E-state index in [1.165, 1.54) is 18.4 Å². The minimum absolute atomic E-state index is 0.463. The Hall–Kier alpha value is -1.26. The largest absolute Gasteiger partial charge is 0.486 e. The summed E-state index contributed by atoms with van der Waals surface area (Å²) >= 11 is 3.43. The van der Waals surface area contributed by atoms with Gasteiger partial charge in [0, 0.05) is 22.6 Å². The minimum Gasteiger partial charge on any atom is -0.486 e. The minimum atomic E-state index is 0.463. The molecular weight excluding hydrogens is 306 g/mol. The number of rotatable bonds is 6. The maximum Gasteiger partial charge on any atom is 0.146 e. The van der Waals surface area contributed by atoms with Crippen molar-refractivity contribution < 1.29 is 9.15 Å². The maximum atomic E-state index is 5.74. The molecule has 1 N–H and O–H groups in total. The molecule has 0 spiro atoms. The van der Waals surface area contributed by atoms with Crippen LogP contribution >= 0.6 is 15.9 Å². The Morgan fingerprint density at radius 1 is 1.32 bits per heavy atom. The first-order valence-electron chi connectivity index (χ1n) is 6.48. The lowest BCUT2D eigenvalue weighted by molar-refractivity contribution is 0.268. The van der Waals surface area contributed by atoms with Crippen molar-refractivity contribution in [1.29, 1.82) is 0 Å². The lowest BCUT2D eigenvalue weighted by Gasteiger charge is -2.07. The molecule has 1 fully saturated rings. The van der Waals surface area contributed by atoms with Crippen LogP contribution in [0, 0.1) is 0 Å². The van der Waals surface area contributed by atoms with Gasteiger partial charge in [0.1, 0.15) is 18.1 Å². The van der Waals surface area contributed by atoms with Crippen LogP contribution in [-0.2, 0) is 13.2 Å². The molecule has 0 amide bonds. The average molecular weight is 322 g/mol. The second-order valence-corrected chi connectivity index (χ2v) is 5.69. The Bertz CT molecular complexity index is 549. The van der Waals surface area contributed by atoms with Gasteiger partial charge in [0.2, 0.25) is 0 Å². The van der Waals surface area contributed by atoms with Gasteiger partial charge >= 0.3 is 0 Å². The molecule has 0 bridgehead atoms. The molecule has 19 heavy (non-hydrogen) atoms. The molecule has 1 aromatic heterocycles. The molecule has 0 atom stereocenters. The lowest BCUT2D eigenvalue weighted by atomic mass is 10.2. The number of benzene rings is 1. The van der Waals surface area contributed by atoms with Gasteiger partial charge in [-0.1, -0.05) is 22.0 Å². The summed E-state index contributed by atoms with van der Waals surface area (Å²) in [6.45, 7) is 1.32. The number of halogens is 1. The van der Waals surface area contributed by atoms with Crippen LogP contribution < -0.4 is 10.1 Å². The van der Waals surface area contributed by atoms with E-state index < -0.39 is 0 Å². The van der Waals surface area contributed by atoms with Crippen molar-refractivity contribution in [3.8, 4) is 5.75 Å². The van der Waals surface area contributed by atoms with Crippen molar-refractivity contribution >= 4 is 15.9 Å². The smallest absolute Gasteiger partial charge is 0.146 e. The molecular formula is C15H16BrNO2. The zero-order valence-corrected chi connectivity index (χ0v) is 12.2. The van der Waals surface area contributed by atoms with Crippen molar-refractivity contribution in [3.05, 3.63) is 52.4 Å². The van der Waals surface area contributed by atoms with E-state index in [9.17, 15) is 0 Å². The highest BCUT2D eigenvalue weighted by Crippen LogP contribution is 2.22. The van der Waals surface area contributed by atoms with E-state index in [1.807, 2.05) is 30.3 Å². The molecule has 1 saturated carbocycles. The van der Waals surface area contributed by atoms with Crippen molar-refractivity contribution in [2.45, 2.75) is 32.0 Å². The number of nitrogens with one attached hydrogen (secondary N) is 1. The Morgan fingerprint density at radius 3 is 3.00 bits per heavy atom. The predicted octanol–water partition coefficient (Wildman–Crippen LogP) is 3.87. The second-order valence-electron chi connectivity index (χ2n) is 4.77. The van der Waals surface area contributed by atoms with Crippen LogP contribution in [-0.4, -0.2) is 6.04 Å². The van der Waals surface area contributed by atoms with E-state index in [0.29, 0.717) is 12.6 Å². The van der Waals surface area contributed by atoms with Crippen molar-refractivity contribution in [2.24, 2.45) is 0 Å². The molecule has 1 aromatic carbocycles. The molecule has 0 radical (unpaired) electrons. The molecule has 2 aromatic rings. The summed E-state index contributed by atoms with van der Waals surface area (Å²) in [4.78, 5) is 0. The van der Waals surface area contributed by atoms with Crippen molar-refractivity contribution in [2.75, 3.05) is 0 Å². The van der Waals surface area contributed by atoms with E-state index in [2.05, 4.69) is 21.2 Å². The van der Waals surface area contributed by atoms with Crippen LogP contribution in [0.15, 0.2) is 45.5 Å². The Morgan fingerprint density at radius 2 is 2.21 bits per heavy atom. The SMILES string of the molecule is Brc1cccc(OCc2occc2CNC2CC2)c1. The highest BCUT2D eigenvalue weighted by atomic mass is 79.9. The van der Waals surface area contributed by atoms with E-state index in [4.69, 9.17) is 9.15 Å². The molecule has 0 unspecified atom stereocenters. The topological polar surface area (TPSA) is 34.4 Å². The molecule has 1 heterocycles. The van der Waals surface area contributed by atoms with Gasteiger partial charge in [-0.05, 0) is 37.1 Å². The molecule has 1 aliphatic rings. The summed E-state index contributed by atoms with van der Waals surface area (Å²) in [6, 6.07) is 10.5. The highest BCUT2D eigenvalue weighted by Gasteiger charge is 2.20. The van der Waals surface area contributed by atoms with Gasteiger partial charge < -0.3 is 14.5 Å². The normalized spacial score (nSPS) is 14.6. The predicted molar refractivity (Wildman–Crippen MR) is 77.0 cm³/mol. The molecule has 1 aliphatic carbocycles. The van der Waals surface area contributed by atoms with Crippen LogP contribution in [0.5, 0.6) is 5.75 Å². The number of hydrogen-bond acceptors (Lipinski definition) is 3. The first-order chi connectivity index (χ1) is 9.31. The quantitative estimate of drug-likeness (QED) is 0.877. The van der Waals surface area contributed by atoms with Gasteiger partial charge in [0.05, 0.1) is 6.26 Å². The van der Waals surface area contributed by atoms with Gasteiger partial charge in [0.15, 0.2) is 0 Å². The fourth-order valence-electron chi connectivity index (χ4n) is 1.90. The van der Waals surface area contributed by atoms with Crippen LogP contribution in [0.3, 0.4) is 0 Å². The molecule has 0 aliphatic heterocycles. The monoisotopic (exact) mass is 321 g/mol.